The standard InChI is InChI=1S/C25H24ClNO7/c1-30-21-10-5-15(11-16(21)14-34-18-8-6-17(26)7-9-18)24(28)27-20-13-23(32-3)22(31-2)12-19(20)25(29)33-4/h5-13H,14H2,1-4H3,(H,27,28). The molecule has 9 heteroatoms. The molecule has 1 amide bonds. The Labute approximate surface area is 202 Å². The van der Waals surface area contributed by atoms with Crippen molar-refractivity contribution in [2.75, 3.05) is 33.8 Å². The summed E-state index contributed by atoms with van der Waals surface area (Å²) in [5.41, 5.74) is 1.32. The summed E-state index contributed by atoms with van der Waals surface area (Å²) >= 11 is 5.91. The molecule has 0 aliphatic carbocycles. The van der Waals surface area contributed by atoms with Crippen LogP contribution in [0.1, 0.15) is 26.3 Å². The summed E-state index contributed by atoms with van der Waals surface area (Å²) in [7, 11) is 5.69. The number of amides is 1. The van der Waals surface area contributed by atoms with Crippen LogP contribution in [0.2, 0.25) is 5.02 Å². The van der Waals surface area contributed by atoms with Gasteiger partial charge in [0.25, 0.3) is 5.91 Å². The number of halogens is 1. The van der Waals surface area contributed by atoms with E-state index in [-0.39, 0.29) is 17.9 Å². The van der Waals surface area contributed by atoms with Crippen molar-refractivity contribution in [2.24, 2.45) is 0 Å². The topological polar surface area (TPSA) is 92.3 Å². The molecule has 0 spiro atoms. The van der Waals surface area contributed by atoms with Crippen LogP contribution in [0.25, 0.3) is 0 Å². The number of rotatable bonds is 9. The molecule has 178 valence electrons. The summed E-state index contributed by atoms with van der Waals surface area (Å²) in [5.74, 6) is 0.765. The van der Waals surface area contributed by atoms with Crippen LogP contribution in [0, 0.1) is 0 Å². The second kappa shape index (κ2) is 11.3. The quantitative estimate of drug-likeness (QED) is 0.427. The van der Waals surface area contributed by atoms with Crippen LogP contribution in [0.3, 0.4) is 0 Å². The normalized spacial score (nSPS) is 10.3. The maximum absolute atomic E-state index is 13.1. The van der Waals surface area contributed by atoms with Crippen molar-refractivity contribution < 1.29 is 33.3 Å². The molecule has 0 aliphatic heterocycles. The second-order valence-electron chi connectivity index (χ2n) is 6.97. The average Bonchev–Trinajstić information content (AvgIpc) is 2.87. The largest absolute Gasteiger partial charge is 0.496 e. The smallest absolute Gasteiger partial charge is 0.340 e. The number of anilines is 1. The molecule has 3 rings (SSSR count). The summed E-state index contributed by atoms with van der Waals surface area (Å²) in [6.07, 6.45) is 0. The lowest BCUT2D eigenvalue weighted by Gasteiger charge is -2.15. The van der Waals surface area contributed by atoms with E-state index in [2.05, 4.69) is 5.32 Å². The Morgan fingerprint density at radius 3 is 2.09 bits per heavy atom. The van der Waals surface area contributed by atoms with Gasteiger partial charge in [0.1, 0.15) is 18.1 Å². The Balaban J connectivity index is 1.87. The van der Waals surface area contributed by atoms with Crippen molar-refractivity contribution in [1.29, 1.82) is 0 Å². The van der Waals surface area contributed by atoms with Gasteiger partial charge in [0.15, 0.2) is 11.5 Å². The molecule has 0 aromatic heterocycles. The van der Waals surface area contributed by atoms with E-state index in [4.69, 9.17) is 35.3 Å². The Kier molecular flexibility index (Phi) is 8.21. The van der Waals surface area contributed by atoms with Gasteiger partial charge in [0.2, 0.25) is 0 Å². The number of ether oxygens (including phenoxy) is 5. The molecule has 0 saturated carbocycles. The molecule has 0 bridgehead atoms. The van der Waals surface area contributed by atoms with Crippen LogP contribution in [0.15, 0.2) is 54.6 Å². The molecule has 1 N–H and O–H groups in total. The number of esters is 1. The third-order valence-electron chi connectivity index (χ3n) is 4.93. The highest BCUT2D eigenvalue weighted by molar-refractivity contribution is 6.30. The zero-order valence-corrected chi connectivity index (χ0v) is 19.9. The second-order valence-corrected chi connectivity index (χ2v) is 7.40. The molecule has 0 radical (unpaired) electrons. The van der Waals surface area contributed by atoms with Gasteiger partial charge in [-0.1, -0.05) is 11.6 Å². The van der Waals surface area contributed by atoms with Gasteiger partial charge in [-0.05, 0) is 42.5 Å². The lowest BCUT2D eigenvalue weighted by molar-refractivity contribution is 0.0601. The molecule has 8 nitrogen and oxygen atoms in total. The number of methoxy groups -OCH3 is 4. The van der Waals surface area contributed by atoms with Crippen LogP contribution in [-0.2, 0) is 11.3 Å². The first-order chi connectivity index (χ1) is 16.4. The van der Waals surface area contributed by atoms with Crippen molar-refractivity contribution in [3.05, 3.63) is 76.3 Å². The summed E-state index contributed by atoms with van der Waals surface area (Å²) in [6, 6.07) is 14.8. The number of carbonyl (C=O) groups excluding carboxylic acids is 2. The molecule has 0 aliphatic rings. The van der Waals surface area contributed by atoms with Crippen LogP contribution in [0.5, 0.6) is 23.0 Å². The van der Waals surface area contributed by atoms with Crippen molar-refractivity contribution in [3.8, 4) is 23.0 Å². The number of nitrogens with one attached hydrogen (secondary N) is 1. The summed E-state index contributed by atoms with van der Waals surface area (Å²) in [6.45, 7) is 0.162. The fourth-order valence-corrected chi connectivity index (χ4v) is 3.31. The van der Waals surface area contributed by atoms with E-state index in [1.54, 1.807) is 42.5 Å². The predicted molar refractivity (Wildman–Crippen MR) is 128 cm³/mol. The number of hydrogen-bond donors (Lipinski definition) is 1. The van der Waals surface area contributed by atoms with Crippen molar-refractivity contribution >= 4 is 29.2 Å². The highest BCUT2D eigenvalue weighted by Gasteiger charge is 2.20. The third kappa shape index (κ3) is 5.71. The molecule has 0 unspecified atom stereocenters. The van der Waals surface area contributed by atoms with Crippen molar-refractivity contribution in [1.82, 2.24) is 0 Å². The van der Waals surface area contributed by atoms with Crippen LogP contribution in [-0.4, -0.2) is 40.3 Å². The van der Waals surface area contributed by atoms with Crippen LogP contribution >= 0.6 is 11.6 Å². The molecule has 0 fully saturated rings. The van der Waals surface area contributed by atoms with Crippen LogP contribution < -0.4 is 24.3 Å². The van der Waals surface area contributed by atoms with Gasteiger partial charge in [0.05, 0.1) is 39.7 Å². The Morgan fingerprint density at radius 2 is 1.47 bits per heavy atom. The number of benzene rings is 3. The van der Waals surface area contributed by atoms with Crippen LogP contribution in [0.4, 0.5) is 5.69 Å². The Bertz CT molecular complexity index is 1180. The predicted octanol–water partition coefficient (Wildman–Crippen LogP) is 4.98. The fraction of sp³-hybridized carbons (Fsp3) is 0.200. The SMILES string of the molecule is COC(=O)c1cc(OC)c(OC)cc1NC(=O)c1ccc(OC)c(COc2ccc(Cl)cc2)c1. The molecule has 3 aromatic carbocycles. The zero-order chi connectivity index (χ0) is 24.7. The molecule has 0 saturated heterocycles. The minimum absolute atomic E-state index is 0.119. The van der Waals surface area contributed by atoms with E-state index in [1.807, 2.05) is 0 Å². The molecule has 0 heterocycles. The molecular formula is C25H24ClNO7. The minimum atomic E-state index is -0.636. The lowest BCUT2D eigenvalue weighted by atomic mass is 10.1. The van der Waals surface area contributed by atoms with E-state index < -0.39 is 11.9 Å². The Morgan fingerprint density at radius 1 is 0.824 bits per heavy atom. The first kappa shape index (κ1) is 24.7. The van der Waals surface area contributed by atoms with Gasteiger partial charge in [-0.15, -0.1) is 0 Å². The first-order valence-electron chi connectivity index (χ1n) is 10.1. The summed E-state index contributed by atoms with van der Waals surface area (Å²) in [5, 5.41) is 3.34. The van der Waals surface area contributed by atoms with E-state index in [9.17, 15) is 9.59 Å². The van der Waals surface area contributed by atoms with Gasteiger partial charge in [0, 0.05) is 28.3 Å². The molecule has 0 atom stereocenters. The molecule has 3 aromatic rings. The summed E-state index contributed by atoms with van der Waals surface area (Å²) in [4.78, 5) is 25.4. The fourth-order valence-electron chi connectivity index (χ4n) is 3.18. The minimum Gasteiger partial charge on any atom is -0.496 e. The van der Waals surface area contributed by atoms with Gasteiger partial charge < -0.3 is 29.0 Å². The van der Waals surface area contributed by atoms with E-state index in [0.717, 1.165) is 0 Å². The first-order valence-corrected chi connectivity index (χ1v) is 10.5. The van der Waals surface area contributed by atoms with Crippen molar-refractivity contribution in [3.63, 3.8) is 0 Å². The lowest BCUT2D eigenvalue weighted by Crippen LogP contribution is -2.16. The highest BCUT2D eigenvalue weighted by Crippen LogP contribution is 2.34. The van der Waals surface area contributed by atoms with Gasteiger partial charge >= 0.3 is 5.97 Å². The highest BCUT2D eigenvalue weighted by atomic mass is 35.5. The molecule has 34 heavy (non-hydrogen) atoms. The monoisotopic (exact) mass is 485 g/mol. The van der Waals surface area contributed by atoms with E-state index in [0.29, 0.717) is 39.1 Å². The Hall–Kier alpha value is -3.91. The number of hydrogen-bond acceptors (Lipinski definition) is 7. The average molecular weight is 486 g/mol. The zero-order valence-electron chi connectivity index (χ0n) is 19.1. The van der Waals surface area contributed by atoms with Gasteiger partial charge in [-0.3, -0.25) is 4.79 Å². The van der Waals surface area contributed by atoms with Gasteiger partial charge in [-0.2, -0.15) is 0 Å². The maximum Gasteiger partial charge on any atom is 0.340 e. The third-order valence-corrected chi connectivity index (χ3v) is 5.18. The van der Waals surface area contributed by atoms with E-state index in [1.165, 1.54) is 40.6 Å². The van der Waals surface area contributed by atoms with Crippen molar-refractivity contribution in [2.45, 2.75) is 6.61 Å². The van der Waals surface area contributed by atoms with E-state index >= 15 is 0 Å². The number of carbonyl (C=O) groups is 2. The summed E-state index contributed by atoms with van der Waals surface area (Å²) < 4.78 is 26.6. The van der Waals surface area contributed by atoms with Gasteiger partial charge in [-0.25, -0.2) is 4.79 Å². The maximum atomic E-state index is 13.1. The molecular weight excluding hydrogens is 462 g/mol.